The lowest BCUT2D eigenvalue weighted by Crippen LogP contribution is -2.51. The van der Waals surface area contributed by atoms with E-state index in [0.29, 0.717) is 12.1 Å². The van der Waals surface area contributed by atoms with Crippen molar-refractivity contribution in [2.24, 2.45) is 0 Å². The van der Waals surface area contributed by atoms with Crippen LogP contribution in [-0.4, -0.2) is 32.7 Å². The predicted octanol–water partition coefficient (Wildman–Crippen LogP) is 2.76. The molecule has 0 aliphatic rings. The third-order valence-corrected chi connectivity index (χ3v) is 5.26. The highest BCUT2D eigenvalue weighted by Crippen LogP contribution is 2.25. The molecule has 0 aromatic heterocycles. The first kappa shape index (κ1) is 19.5. The third kappa shape index (κ3) is 4.96. The first-order chi connectivity index (χ1) is 10.6. The van der Waals surface area contributed by atoms with Gasteiger partial charge >= 0.3 is 0 Å². The van der Waals surface area contributed by atoms with Gasteiger partial charge in [-0.2, -0.15) is 0 Å². The van der Waals surface area contributed by atoms with E-state index in [0.717, 1.165) is 23.8 Å². The van der Waals surface area contributed by atoms with E-state index in [4.69, 9.17) is 0 Å². The molecule has 1 aromatic rings. The van der Waals surface area contributed by atoms with Crippen LogP contribution in [0.2, 0.25) is 0 Å². The standard InChI is InChI=1S/C17H28N2O3S/c1-7-14(5)18-17(20)16(8-2)19(23(6,21)22)15-10-9-12(3)13(4)11-15/h9-11,14,16H,7-8H2,1-6H3,(H,18,20)/t14-,16+/m1/s1. The van der Waals surface area contributed by atoms with Crippen molar-refractivity contribution in [2.75, 3.05) is 10.6 Å². The molecule has 0 spiro atoms. The average Bonchev–Trinajstić information content (AvgIpc) is 2.46. The second-order valence-corrected chi connectivity index (χ2v) is 7.93. The van der Waals surface area contributed by atoms with Crippen molar-refractivity contribution >= 4 is 21.6 Å². The largest absolute Gasteiger partial charge is 0.352 e. The minimum atomic E-state index is -3.57. The van der Waals surface area contributed by atoms with Crippen LogP contribution < -0.4 is 9.62 Å². The molecule has 6 heteroatoms. The SMILES string of the molecule is CC[C@@H](C)NC(=O)[C@H](CC)N(c1ccc(C)c(C)c1)S(C)(=O)=O. The molecule has 1 N–H and O–H groups in total. The molecular formula is C17H28N2O3S. The summed E-state index contributed by atoms with van der Waals surface area (Å²) in [4.78, 5) is 12.5. The maximum atomic E-state index is 12.5. The molecule has 130 valence electrons. The highest BCUT2D eigenvalue weighted by atomic mass is 32.2. The Labute approximate surface area is 140 Å². The zero-order valence-electron chi connectivity index (χ0n) is 14.9. The first-order valence-corrected chi connectivity index (χ1v) is 9.83. The molecule has 0 fully saturated rings. The van der Waals surface area contributed by atoms with E-state index in [1.165, 1.54) is 4.31 Å². The predicted molar refractivity (Wildman–Crippen MR) is 95.2 cm³/mol. The Morgan fingerprint density at radius 1 is 1.17 bits per heavy atom. The molecule has 5 nitrogen and oxygen atoms in total. The number of rotatable bonds is 7. The van der Waals surface area contributed by atoms with Gasteiger partial charge in [0.05, 0.1) is 11.9 Å². The number of nitrogens with zero attached hydrogens (tertiary/aromatic N) is 1. The fraction of sp³-hybridized carbons (Fsp3) is 0.588. The summed E-state index contributed by atoms with van der Waals surface area (Å²) in [6.45, 7) is 9.60. The second-order valence-electron chi connectivity index (χ2n) is 6.07. The maximum absolute atomic E-state index is 12.5. The summed E-state index contributed by atoms with van der Waals surface area (Å²) in [5.41, 5.74) is 2.61. The normalized spacial score (nSPS) is 14.2. The van der Waals surface area contributed by atoms with Crippen molar-refractivity contribution in [1.82, 2.24) is 5.32 Å². The lowest BCUT2D eigenvalue weighted by molar-refractivity contribution is -0.122. The van der Waals surface area contributed by atoms with Crippen LogP contribution in [0.15, 0.2) is 18.2 Å². The van der Waals surface area contributed by atoms with Crippen LogP contribution in [0.25, 0.3) is 0 Å². The van der Waals surface area contributed by atoms with Crippen LogP contribution in [0.4, 0.5) is 5.69 Å². The highest BCUT2D eigenvalue weighted by Gasteiger charge is 2.31. The van der Waals surface area contributed by atoms with E-state index < -0.39 is 16.1 Å². The smallest absolute Gasteiger partial charge is 0.244 e. The number of hydrogen-bond acceptors (Lipinski definition) is 3. The van der Waals surface area contributed by atoms with Gasteiger partial charge in [0.15, 0.2) is 0 Å². The molecule has 0 aliphatic heterocycles. The molecule has 0 bridgehead atoms. The van der Waals surface area contributed by atoms with Gasteiger partial charge in [-0.15, -0.1) is 0 Å². The number of anilines is 1. The summed E-state index contributed by atoms with van der Waals surface area (Å²) in [5.74, 6) is -0.259. The molecule has 23 heavy (non-hydrogen) atoms. The number of carbonyl (C=O) groups is 1. The van der Waals surface area contributed by atoms with Gasteiger partial charge in [0.1, 0.15) is 6.04 Å². The lowest BCUT2D eigenvalue weighted by Gasteiger charge is -2.31. The summed E-state index contributed by atoms with van der Waals surface area (Å²) < 4.78 is 25.9. The zero-order chi connectivity index (χ0) is 17.8. The number of sulfonamides is 1. The Hall–Kier alpha value is -1.56. The molecule has 2 atom stereocenters. The highest BCUT2D eigenvalue weighted by molar-refractivity contribution is 7.92. The number of hydrogen-bond donors (Lipinski definition) is 1. The first-order valence-electron chi connectivity index (χ1n) is 7.98. The average molecular weight is 340 g/mol. The van der Waals surface area contributed by atoms with Crippen LogP contribution in [-0.2, 0) is 14.8 Å². The Morgan fingerprint density at radius 3 is 2.22 bits per heavy atom. The molecule has 0 aliphatic carbocycles. The molecule has 0 radical (unpaired) electrons. The van der Waals surface area contributed by atoms with Crippen molar-refractivity contribution in [2.45, 2.75) is 59.5 Å². The minimum Gasteiger partial charge on any atom is -0.352 e. The fourth-order valence-corrected chi connectivity index (χ4v) is 3.57. The molecular weight excluding hydrogens is 312 g/mol. The summed E-state index contributed by atoms with van der Waals surface area (Å²) in [5, 5.41) is 2.88. The Morgan fingerprint density at radius 2 is 1.78 bits per heavy atom. The van der Waals surface area contributed by atoms with Crippen molar-refractivity contribution in [1.29, 1.82) is 0 Å². The molecule has 1 amide bonds. The molecule has 0 unspecified atom stereocenters. The topological polar surface area (TPSA) is 66.5 Å². The van der Waals surface area contributed by atoms with Gasteiger partial charge in [-0.05, 0) is 56.9 Å². The Kier molecular flexibility index (Phi) is 6.62. The van der Waals surface area contributed by atoms with Gasteiger partial charge in [-0.1, -0.05) is 19.9 Å². The Bertz CT molecular complexity index is 656. The second kappa shape index (κ2) is 7.81. The van der Waals surface area contributed by atoms with Gasteiger partial charge in [0.25, 0.3) is 0 Å². The van der Waals surface area contributed by atoms with Gasteiger partial charge in [-0.3, -0.25) is 9.10 Å². The van der Waals surface area contributed by atoms with E-state index in [1.807, 2.05) is 46.8 Å². The van der Waals surface area contributed by atoms with Crippen molar-refractivity contribution in [3.05, 3.63) is 29.3 Å². The van der Waals surface area contributed by atoms with E-state index in [-0.39, 0.29) is 11.9 Å². The van der Waals surface area contributed by atoms with E-state index in [2.05, 4.69) is 5.32 Å². The zero-order valence-corrected chi connectivity index (χ0v) is 15.7. The monoisotopic (exact) mass is 340 g/mol. The van der Waals surface area contributed by atoms with Crippen molar-refractivity contribution in [3.63, 3.8) is 0 Å². The molecule has 1 rings (SSSR count). The van der Waals surface area contributed by atoms with Crippen LogP contribution in [0.1, 0.15) is 44.7 Å². The van der Waals surface area contributed by atoms with E-state index >= 15 is 0 Å². The summed E-state index contributed by atoms with van der Waals surface area (Å²) >= 11 is 0. The van der Waals surface area contributed by atoms with Crippen LogP contribution in [0, 0.1) is 13.8 Å². The minimum absolute atomic E-state index is 0.0118. The van der Waals surface area contributed by atoms with Crippen LogP contribution >= 0.6 is 0 Å². The number of benzene rings is 1. The quantitative estimate of drug-likeness (QED) is 0.830. The summed E-state index contributed by atoms with van der Waals surface area (Å²) in [6.07, 6.45) is 2.34. The van der Waals surface area contributed by atoms with Crippen LogP contribution in [0.5, 0.6) is 0 Å². The Balaban J connectivity index is 3.28. The van der Waals surface area contributed by atoms with Crippen LogP contribution in [0.3, 0.4) is 0 Å². The van der Waals surface area contributed by atoms with Gasteiger partial charge in [0, 0.05) is 6.04 Å². The van der Waals surface area contributed by atoms with Gasteiger partial charge in [0.2, 0.25) is 15.9 Å². The molecule has 0 saturated carbocycles. The maximum Gasteiger partial charge on any atom is 0.244 e. The fourth-order valence-electron chi connectivity index (χ4n) is 2.36. The number of aryl methyl sites for hydroxylation is 2. The summed E-state index contributed by atoms with van der Waals surface area (Å²) in [7, 11) is -3.57. The lowest BCUT2D eigenvalue weighted by atomic mass is 10.1. The van der Waals surface area contributed by atoms with Gasteiger partial charge in [-0.25, -0.2) is 8.42 Å². The number of carbonyl (C=O) groups excluding carboxylic acids is 1. The van der Waals surface area contributed by atoms with Crippen molar-refractivity contribution in [3.8, 4) is 0 Å². The number of nitrogens with one attached hydrogen (secondary N) is 1. The van der Waals surface area contributed by atoms with E-state index in [1.54, 1.807) is 6.07 Å². The van der Waals surface area contributed by atoms with Gasteiger partial charge < -0.3 is 5.32 Å². The molecule has 0 saturated heterocycles. The summed E-state index contributed by atoms with van der Waals surface area (Å²) in [6, 6.07) is 4.71. The third-order valence-electron chi connectivity index (χ3n) is 4.08. The number of amides is 1. The van der Waals surface area contributed by atoms with E-state index in [9.17, 15) is 13.2 Å². The molecule has 0 heterocycles. The molecule has 1 aromatic carbocycles. The van der Waals surface area contributed by atoms with Crippen molar-refractivity contribution < 1.29 is 13.2 Å².